The van der Waals surface area contributed by atoms with E-state index < -0.39 is 6.29 Å². The van der Waals surface area contributed by atoms with Gasteiger partial charge in [-0.05, 0) is 20.8 Å². The Bertz CT molecular complexity index is 111. The quantitative estimate of drug-likeness (QED) is 0.461. The largest absolute Gasteiger partial charge is 0.375 e. The second-order valence-corrected chi connectivity index (χ2v) is 3.55. The minimum Gasteiger partial charge on any atom is -0.375 e. The molecule has 0 aromatic rings. The Morgan fingerprint density at radius 1 is 1.42 bits per heavy atom. The molecule has 0 saturated heterocycles. The van der Waals surface area contributed by atoms with Crippen molar-refractivity contribution in [3.63, 3.8) is 0 Å². The molecule has 12 heavy (non-hydrogen) atoms. The highest BCUT2D eigenvalue weighted by atomic mass is 16.6. The van der Waals surface area contributed by atoms with Gasteiger partial charge in [0.05, 0.1) is 18.8 Å². The van der Waals surface area contributed by atoms with Crippen LogP contribution in [0.2, 0.25) is 0 Å². The molecule has 1 unspecified atom stereocenters. The topological polar surface area (TPSA) is 64.7 Å². The molecule has 0 amide bonds. The van der Waals surface area contributed by atoms with Gasteiger partial charge in [-0.1, -0.05) is 0 Å². The van der Waals surface area contributed by atoms with Gasteiger partial charge in [0.2, 0.25) is 0 Å². The Balaban J connectivity index is 3.40. The lowest BCUT2D eigenvalue weighted by atomic mass is 10.2. The number of aliphatic hydroxyl groups excluding tert-OH is 1. The molecule has 0 aliphatic carbocycles. The summed E-state index contributed by atoms with van der Waals surface area (Å²) in [4.78, 5) is 0. The maximum Gasteiger partial charge on any atom is 0.178 e. The van der Waals surface area contributed by atoms with Crippen molar-refractivity contribution in [1.29, 1.82) is 0 Å². The smallest absolute Gasteiger partial charge is 0.178 e. The van der Waals surface area contributed by atoms with Crippen LogP contribution in [0.5, 0.6) is 0 Å². The fourth-order valence-corrected chi connectivity index (χ4v) is 0.710. The average molecular weight is 177 g/mol. The normalized spacial score (nSPS) is 14.8. The summed E-state index contributed by atoms with van der Waals surface area (Å²) in [6.07, 6.45) is -0.864. The summed E-state index contributed by atoms with van der Waals surface area (Å²) in [7, 11) is 0. The highest BCUT2D eigenvalue weighted by Gasteiger charge is 2.16. The second kappa shape index (κ2) is 5.48. The lowest BCUT2D eigenvalue weighted by molar-refractivity contribution is -0.189. The summed E-state index contributed by atoms with van der Waals surface area (Å²) in [6, 6.07) is 0. The molecule has 4 nitrogen and oxygen atoms in total. The van der Waals surface area contributed by atoms with Crippen LogP contribution < -0.4 is 5.73 Å². The van der Waals surface area contributed by atoms with Crippen LogP contribution in [0.4, 0.5) is 0 Å². The van der Waals surface area contributed by atoms with Crippen molar-refractivity contribution < 1.29 is 14.6 Å². The van der Waals surface area contributed by atoms with Crippen LogP contribution in [0.25, 0.3) is 0 Å². The predicted molar refractivity (Wildman–Crippen MR) is 46.7 cm³/mol. The van der Waals surface area contributed by atoms with Crippen LogP contribution in [0.3, 0.4) is 0 Å². The van der Waals surface area contributed by atoms with Crippen LogP contribution in [-0.4, -0.2) is 36.8 Å². The van der Waals surface area contributed by atoms with E-state index in [1.54, 1.807) is 0 Å². The summed E-state index contributed by atoms with van der Waals surface area (Å²) < 4.78 is 10.2. The first-order chi connectivity index (χ1) is 5.45. The van der Waals surface area contributed by atoms with Crippen molar-refractivity contribution in [3.8, 4) is 0 Å². The number of hydrogen-bond donors (Lipinski definition) is 2. The van der Waals surface area contributed by atoms with E-state index in [4.69, 9.17) is 15.2 Å². The fraction of sp³-hybridized carbons (Fsp3) is 1.00. The van der Waals surface area contributed by atoms with Crippen molar-refractivity contribution in [3.05, 3.63) is 0 Å². The van der Waals surface area contributed by atoms with E-state index in [-0.39, 0.29) is 12.2 Å². The molecule has 1 atom stereocenters. The number of nitrogens with two attached hydrogens (primary N) is 1. The molecule has 0 aromatic heterocycles. The molecule has 3 N–H and O–H groups in total. The molecule has 0 aliphatic heterocycles. The summed E-state index contributed by atoms with van der Waals surface area (Å²) in [6.45, 7) is 6.71. The minimum atomic E-state index is -0.864. The summed E-state index contributed by atoms with van der Waals surface area (Å²) in [5.41, 5.74) is 4.85. The zero-order valence-electron chi connectivity index (χ0n) is 8.04. The van der Waals surface area contributed by atoms with Gasteiger partial charge in [0.1, 0.15) is 0 Å². The first-order valence-electron chi connectivity index (χ1n) is 4.09. The summed E-state index contributed by atoms with van der Waals surface area (Å²) in [5.74, 6) is 0. The molecule has 0 heterocycles. The van der Waals surface area contributed by atoms with Crippen LogP contribution >= 0.6 is 0 Å². The van der Waals surface area contributed by atoms with Gasteiger partial charge in [0.15, 0.2) is 6.29 Å². The van der Waals surface area contributed by atoms with Gasteiger partial charge in [-0.15, -0.1) is 0 Å². The zero-order chi connectivity index (χ0) is 9.61. The Morgan fingerprint density at radius 2 is 2.00 bits per heavy atom. The summed E-state index contributed by atoms with van der Waals surface area (Å²) >= 11 is 0. The lowest BCUT2D eigenvalue weighted by Crippen LogP contribution is -2.31. The molecule has 0 aliphatic rings. The molecular formula is C8H19NO3. The van der Waals surface area contributed by atoms with E-state index in [0.717, 1.165) is 0 Å². The third-order valence-corrected chi connectivity index (χ3v) is 1.01. The molecular weight excluding hydrogens is 158 g/mol. The van der Waals surface area contributed by atoms with E-state index in [2.05, 4.69) is 0 Å². The lowest BCUT2D eigenvalue weighted by Gasteiger charge is -2.23. The molecule has 0 fully saturated rings. The van der Waals surface area contributed by atoms with E-state index in [1.807, 2.05) is 20.8 Å². The van der Waals surface area contributed by atoms with Gasteiger partial charge in [-0.2, -0.15) is 0 Å². The number of ether oxygens (including phenoxy) is 2. The third-order valence-electron chi connectivity index (χ3n) is 1.01. The molecule has 4 heteroatoms. The molecule has 74 valence electrons. The number of hydrogen-bond acceptors (Lipinski definition) is 4. The van der Waals surface area contributed by atoms with E-state index in [1.165, 1.54) is 0 Å². The molecule has 0 saturated carbocycles. The van der Waals surface area contributed by atoms with Crippen molar-refractivity contribution in [2.24, 2.45) is 5.73 Å². The average Bonchev–Trinajstić information content (AvgIpc) is 1.84. The Kier molecular flexibility index (Phi) is 5.41. The third kappa shape index (κ3) is 7.94. The van der Waals surface area contributed by atoms with Gasteiger partial charge in [0, 0.05) is 6.54 Å². The van der Waals surface area contributed by atoms with Crippen LogP contribution in [0.1, 0.15) is 20.8 Å². The molecule has 0 aromatic carbocycles. The maximum atomic E-state index is 9.22. The SMILES string of the molecule is CC(C)(C)OC(O)COCCN. The maximum absolute atomic E-state index is 9.22. The van der Waals surface area contributed by atoms with E-state index >= 15 is 0 Å². The Morgan fingerprint density at radius 3 is 2.42 bits per heavy atom. The van der Waals surface area contributed by atoms with Crippen LogP contribution in [0, 0.1) is 0 Å². The molecule has 0 radical (unpaired) electrons. The number of aliphatic hydroxyl groups is 1. The zero-order valence-corrected chi connectivity index (χ0v) is 8.04. The highest BCUT2D eigenvalue weighted by molar-refractivity contribution is 4.59. The molecule has 0 rings (SSSR count). The Hall–Kier alpha value is -0.160. The van der Waals surface area contributed by atoms with Gasteiger partial charge in [-0.25, -0.2) is 0 Å². The van der Waals surface area contributed by atoms with Gasteiger partial charge in [-0.3, -0.25) is 0 Å². The first kappa shape index (κ1) is 11.8. The second-order valence-electron chi connectivity index (χ2n) is 3.55. The predicted octanol–water partition coefficient (Wildman–Crippen LogP) is 0.0952. The van der Waals surface area contributed by atoms with Crippen molar-refractivity contribution in [2.75, 3.05) is 19.8 Å². The van der Waals surface area contributed by atoms with Crippen LogP contribution in [0.15, 0.2) is 0 Å². The highest BCUT2D eigenvalue weighted by Crippen LogP contribution is 2.09. The minimum absolute atomic E-state index is 0.175. The monoisotopic (exact) mass is 177 g/mol. The van der Waals surface area contributed by atoms with Crippen molar-refractivity contribution >= 4 is 0 Å². The van der Waals surface area contributed by atoms with Gasteiger partial charge >= 0.3 is 0 Å². The van der Waals surface area contributed by atoms with Crippen LogP contribution in [-0.2, 0) is 9.47 Å². The van der Waals surface area contributed by atoms with E-state index in [0.29, 0.717) is 13.2 Å². The molecule has 0 spiro atoms. The van der Waals surface area contributed by atoms with Gasteiger partial charge in [0.25, 0.3) is 0 Å². The fourth-order valence-electron chi connectivity index (χ4n) is 0.710. The van der Waals surface area contributed by atoms with E-state index in [9.17, 15) is 5.11 Å². The Labute approximate surface area is 73.7 Å². The van der Waals surface area contributed by atoms with Gasteiger partial charge < -0.3 is 20.3 Å². The first-order valence-corrected chi connectivity index (χ1v) is 4.09. The van der Waals surface area contributed by atoms with Crippen molar-refractivity contribution in [2.45, 2.75) is 32.7 Å². The number of rotatable bonds is 5. The molecule has 0 bridgehead atoms. The standard InChI is InChI=1S/C8H19NO3/c1-8(2,3)12-7(10)6-11-5-4-9/h7,10H,4-6,9H2,1-3H3. The van der Waals surface area contributed by atoms with Crippen molar-refractivity contribution in [1.82, 2.24) is 0 Å². The summed E-state index contributed by atoms with van der Waals surface area (Å²) in [5, 5.41) is 9.22.